The fourth-order valence-corrected chi connectivity index (χ4v) is 3.11. The molecule has 3 rings (SSSR count). The molecular weight excluding hydrogens is 274 g/mol. The molecule has 1 saturated carbocycles. The number of carbonyl (C=O) groups is 1. The van der Waals surface area contributed by atoms with Gasteiger partial charge in [-0.15, -0.1) is 12.4 Å². The second-order valence-electron chi connectivity index (χ2n) is 5.61. The number of hydrogen-bond donors (Lipinski definition) is 3. The van der Waals surface area contributed by atoms with E-state index in [1.54, 1.807) is 0 Å². The van der Waals surface area contributed by atoms with Gasteiger partial charge >= 0.3 is 0 Å². The monoisotopic (exact) mass is 295 g/mol. The lowest BCUT2D eigenvalue weighted by Crippen LogP contribution is -2.34. The maximum atomic E-state index is 12.4. The SMILES string of the molecule is Cl.N[C@@H]1CC[C@@H](NC(=O)c2cccc3c2NCCC3)C1. The third-order valence-corrected chi connectivity index (χ3v) is 4.13. The molecule has 1 aromatic carbocycles. The van der Waals surface area contributed by atoms with Crippen LogP contribution in [0, 0.1) is 0 Å². The quantitative estimate of drug-likeness (QED) is 0.782. The predicted molar refractivity (Wildman–Crippen MR) is 83.6 cm³/mol. The topological polar surface area (TPSA) is 67.1 Å². The van der Waals surface area contributed by atoms with Crippen LogP contribution in [-0.2, 0) is 6.42 Å². The fraction of sp³-hybridized carbons (Fsp3) is 0.533. The molecule has 0 spiro atoms. The molecule has 1 heterocycles. The smallest absolute Gasteiger partial charge is 0.253 e. The van der Waals surface area contributed by atoms with Crippen LogP contribution in [0.15, 0.2) is 18.2 Å². The van der Waals surface area contributed by atoms with Crippen molar-refractivity contribution in [2.75, 3.05) is 11.9 Å². The Hall–Kier alpha value is -1.26. The van der Waals surface area contributed by atoms with Crippen molar-refractivity contribution in [2.45, 2.75) is 44.2 Å². The van der Waals surface area contributed by atoms with Crippen LogP contribution in [0.2, 0.25) is 0 Å². The highest BCUT2D eigenvalue weighted by atomic mass is 35.5. The van der Waals surface area contributed by atoms with E-state index in [4.69, 9.17) is 5.73 Å². The first-order valence-corrected chi connectivity index (χ1v) is 7.16. The van der Waals surface area contributed by atoms with E-state index in [1.165, 1.54) is 5.56 Å². The van der Waals surface area contributed by atoms with Gasteiger partial charge in [0, 0.05) is 18.6 Å². The van der Waals surface area contributed by atoms with E-state index >= 15 is 0 Å². The largest absolute Gasteiger partial charge is 0.384 e. The number of rotatable bonds is 2. The minimum absolute atomic E-state index is 0. The molecule has 1 aliphatic carbocycles. The molecule has 2 atom stereocenters. The summed E-state index contributed by atoms with van der Waals surface area (Å²) >= 11 is 0. The molecule has 0 saturated heterocycles. The minimum atomic E-state index is 0. The fourth-order valence-electron chi connectivity index (χ4n) is 3.11. The van der Waals surface area contributed by atoms with E-state index in [0.717, 1.165) is 49.9 Å². The van der Waals surface area contributed by atoms with Crippen molar-refractivity contribution >= 4 is 24.0 Å². The third-order valence-electron chi connectivity index (χ3n) is 4.13. The predicted octanol–water partition coefficient (Wildman–Crippen LogP) is 2.08. The summed E-state index contributed by atoms with van der Waals surface area (Å²) in [6.07, 6.45) is 5.09. The molecule has 4 nitrogen and oxygen atoms in total. The molecule has 0 unspecified atom stereocenters. The summed E-state index contributed by atoms with van der Waals surface area (Å²) in [5.41, 5.74) is 8.94. The van der Waals surface area contributed by atoms with Crippen molar-refractivity contribution < 1.29 is 4.79 Å². The second kappa shape index (κ2) is 6.46. The maximum Gasteiger partial charge on any atom is 0.253 e. The van der Waals surface area contributed by atoms with Crippen molar-refractivity contribution in [3.8, 4) is 0 Å². The molecule has 110 valence electrons. The maximum absolute atomic E-state index is 12.4. The number of nitrogens with two attached hydrogens (primary N) is 1. The van der Waals surface area contributed by atoms with Crippen LogP contribution in [-0.4, -0.2) is 24.5 Å². The molecular formula is C15H22ClN3O. The Bertz CT molecular complexity index is 492. The van der Waals surface area contributed by atoms with Gasteiger partial charge in [-0.05, 0) is 43.7 Å². The van der Waals surface area contributed by atoms with Gasteiger partial charge in [-0.3, -0.25) is 4.79 Å². The first kappa shape index (κ1) is 15.1. The normalized spacial score (nSPS) is 24.2. The molecule has 1 amide bonds. The summed E-state index contributed by atoms with van der Waals surface area (Å²) in [6, 6.07) is 6.46. The highest BCUT2D eigenvalue weighted by Crippen LogP contribution is 2.26. The Labute approximate surface area is 125 Å². The van der Waals surface area contributed by atoms with Gasteiger partial charge in [0.15, 0.2) is 0 Å². The Morgan fingerprint density at radius 3 is 2.95 bits per heavy atom. The van der Waals surface area contributed by atoms with E-state index in [0.29, 0.717) is 0 Å². The van der Waals surface area contributed by atoms with Gasteiger partial charge in [0.25, 0.3) is 5.91 Å². The number of nitrogens with one attached hydrogen (secondary N) is 2. The van der Waals surface area contributed by atoms with Crippen molar-refractivity contribution in [1.82, 2.24) is 5.32 Å². The Kier molecular flexibility index (Phi) is 4.89. The van der Waals surface area contributed by atoms with Crippen molar-refractivity contribution in [2.24, 2.45) is 5.73 Å². The average Bonchev–Trinajstić information content (AvgIpc) is 2.83. The van der Waals surface area contributed by atoms with Gasteiger partial charge in [-0.1, -0.05) is 12.1 Å². The zero-order valence-electron chi connectivity index (χ0n) is 11.5. The number of halogens is 1. The van der Waals surface area contributed by atoms with E-state index in [1.807, 2.05) is 12.1 Å². The summed E-state index contributed by atoms with van der Waals surface area (Å²) in [5.74, 6) is 0.0327. The number of fused-ring (bicyclic) bond motifs is 1. The number of hydrogen-bond acceptors (Lipinski definition) is 3. The number of benzene rings is 1. The number of para-hydroxylation sites is 1. The molecule has 1 fully saturated rings. The first-order chi connectivity index (χ1) is 9.24. The highest BCUT2D eigenvalue weighted by molar-refractivity contribution is 6.00. The van der Waals surface area contributed by atoms with Gasteiger partial charge in [-0.25, -0.2) is 0 Å². The molecule has 0 aromatic heterocycles. The van der Waals surface area contributed by atoms with Crippen LogP contribution in [0.3, 0.4) is 0 Å². The summed E-state index contributed by atoms with van der Waals surface area (Å²) < 4.78 is 0. The Balaban J connectivity index is 0.00000147. The zero-order valence-corrected chi connectivity index (χ0v) is 12.3. The number of anilines is 1. The van der Waals surface area contributed by atoms with Crippen molar-refractivity contribution in [3.63, 3.8) is 0 Å². The van der Waals surface area contributed by atoms with E-state index < -0.39 is 0 Å². The number of amides is 1. The average molecular weight is 296 g/mol. The zero-order chi connectivity index (χ0) is 13.2. The van der Waals surface area contributed by atoms with Crippen LogP contribution < -0.4 is 16.4 Å². The van der Waals surface area contributed by atoms with Crippen LogP contribution >= 0.6 is 12.4 Å². The molecule has 4 N–H and O–H groups in total. The van der Waals surface area contributed by atoms with Gasteiger partial charge in [-0.2, -0.15) is 0 Å². The van der Waals surface area contributed by atoms with E-state index in [-0.39, 0.29) is 30.4 Å². The lowest BCUT2D eigenvalue weighted by Gasteiger charge is -2.21. The summed E-state index contributed by atoms with van der Waals surface area (Å²) in [7, 11) is 0. The summed E-state index contributed by atoms with van der Waals surface area (Å²) in [5, 5.41) is 6.48. The number of aryl methyl sites for hydroxylation is 1. The Morgan fingerprint density at radius 2 is 2.20 bits per heavy atom. The molecule has 1 aromatic rings. The molecule has 5 heteroatoms. The van der Waals surface area contributed by atoms with Crippen LogP contribution in [0.1, 0.15) is 41.6 Å². The summed E-state index contributed by atoms with van der Waals surface area (Å²) in [4.78, 5) is 12.4. The van der Waals surface area contributed by atoms with E-state index in [9.17, 15) is 4.79 Å². The van der Waals surface area contributed by atoms with Crippen molar-refractivity contribution in [3.05, 3.63) is 29.3 Å². The summed E-state index contributed by atoms with van der Waals surface area (Å²) in [6.45, 7) is 0.950. The molecule has 2 aliphatic rings. The van der Waals surface area contributed by atoms with Crippen LogP contribution in [0.5, 0.6) is 0 Å². The highest BCUT2D eigenvalue weighted by Gasteiger charge is 2.25. The molecule has 1 aliphatic heterocycles. The molecule has 0 radical (unpaired) electrons. The van der Waals surface area contributed by atoms with Crippen LogP contribution in [0.4, 0.5) is 5.69 Å². The molecule has 0 bridgehead atoms. The van der Waals surface area contributed by atoms with Crippen LogP contribution in [0.25, 0.3) is 0 Å². The van der Waals surface area contributed by atoms with Crippen molar-refractivity contribution in [1.29, 1.82) is 0 Å². The van der Waals surface area contributed by atoms with E-state index in [2.05, 4.69) is 16.7 Å². The molecule has 20 heavy (non-hydrogen) atoms. The standard InChI is InChI=1S/C15H21N3O.ClH/c16-11-6-7-12(9-11)18-15(19)13-5-1-3-10-4-2-8-17-14(10)13;/h1,3,5,11-12,17H,2,4,6-9,16H2,(H,18,19);1H/t11-,12-;/m1./s1. The third kappa shape index (κ3) is 3.07. The minimum Gasteiger partial charge on any atom is -0.384 e. The second-order valence-corrected chi connectivity index (χ2v) is 5.61. The van der Waals surface area contributed by atoms with Gasteiger partial charge < -0.3 is 16.4 Å². The van der Waals surface area contributed by atoms with Gasteiger partial charge in [0.2, 0.25) is 0 Å². The number of carbonyl (C=O) groups excluding carboxylic acids is 1. The lowest BCUT2D eigenvalue weighted by molar-refractivity contribution is 0.0938. The first-order valence-electron chi connectivity index (χ1n) is 7.16. The Morgan fingerprint density at radius 1 is 1.35 bits per heavy atom. The van der Waals surface area contributed by atoms with Gasteiger partial charge in [0.1, 0.15) is 0 Å². The lowest BCUT2D eigenvalue weighted by atomic mass is 9.99. The van der Waals surface area contributed by atoms with Gasteiger partial charge in [0.05, 0.1) is 11.3 Å².